The summed E-state index contributed by atoms with van der Waals surface area (Å²) >= 11 is 0. The number of anilines is 1. The second kappa shape index (κ2) is 5.52. The van der Waals surface area contributed by atoms with Gasteiger partial charge < -0.3 is 14.7 Å². The molecule has 6 heteroatoms. The van der Waals surface area contributed by atoms with E-state index in [0.717, 1.165) is 6.42 Å². The van der Waals surface area contributed by atoms with Crippen LogP contribution in [0.3, 0.4) is 0 Å². The molecule has 2 heterocycles. The number of morpholine rings is 1. The molecule has 0 bridgehead atoms. The van der Waals surface area contributed by atoms with Gasteiger partial charge in [0.05, 0.1) is 24.9 Å². The van der Waals surface area contributed by atoms with Crippen molar-refractivity contribution in [3.8, 4) is 0 Å². The summed E-state index contributed by atoms with van der Waals surface area (Å²) in [4.78, 5) is 13.5. The Balaban J connectivity index is 2.49. The maximum absolute atomic E-state index is 11.5. The summed E-state index contributed by atoms with van der Waals surface area (Å²) in [5.41, 5.74) is 1.59. The van der Waals surface area contributed by atoms with E-state index in [2.05, 4.69) is 17.1 Å². The quantitative estimate of drug-likeness (QED) is 0.890. The molecule has 1 aromatic heterocycles. The first-order valence-electron chi connectivity index (χ1n) is 6.47. The molecule has 2 rings (SSSR count). The van der Waals surface area contributed by atoms with Crippen LogP contribution in [-0.2, 0) is 4.74 Å². The van der Waals surface area contributed by atoms with Crippen molar-refractivity contribution in [2.45, 2.75) is 33.2 Å². The average molecular weight is 265 g/mol. The average Bonchev–Trinajstić information content (AvgIpc) is 2.41. The van der Waals surface area contributed by atoms with E-state index in [-0.39, 0.29) is 11.6 Å². The Morgan fingerprint density at radius 1 is 1.47 bits per heavy atom. The number of aromatic carboxylic acids is 1. The third kappa shape index (κ3) is 2.53. The van der Waals surface area contributed by atoms with Crippen LogP contribution in [0.25, 0.3) is 0 Å². The van der Waals surface area contributed by atoms with Crippen LogP contribution in [0.5, 0.6) is 0 Å². The van der Waals surface area contributed by atoms with Crippen LogP contribution in [0.15, 0.2) is 0 Å². The van der Waals surface area contributed by atoms with Crippen molar-refractivity contribution in [1.29, 1.82) is 0 Å². The number of aryl methyl sites for hydroxylation is 1. The molecule has 0 saturated carbocycles. The number of carboxylic acids is 1. The first-order chi connectivity index (χ1) is 9.06. The Bertz CT molecular complexity index is 490. The predicted octanol–water partition coefficient (Wildman–Crippen LogP) is 1.41. The highest BCUT2D eigenvalue weighted by atomic mass is 16.5. The first-order valence-corrected chi connectivity index (χ1v) is 6.47. The van der Waals surface area contributed by atoms with Gasteiger partial charge in [-0.1, -0.05) is 6.92 Å². The van der Waals surface area contributed by atoms with Crippen molar-refractivity contribution in [3.63, 3.8) is 0 Å². The number of hydrogen-bond acceptors (Lipinski definition) is 5. The smallest absolute Gasteiger partial charge is 0.339 e. The fourth-order valence-corrected chi connectivity index (χ4v) is 2.32. The zero-order chi connectivity index (χ0) is 14.0. The van der Waals surface area contributed by atoms with Gasteiger partial charge in [-0.25, -0.2) is 4.79 Å². The molecule has 1 atom stereocenters. The number of carboxylic acid groups (broad SMARTS) is 1. The van der Waals surface area contributed by atoms with Gasteiger partial charge in [-0.05, 0) is 25.8 Å². The molecule has 0 radical (unpaired) electrons. The van der Waals surface area contributed by atoms with Gasteiger partial charge >= 0.3 is 5.97 Å². The number of carbonyl (C=O) groups is 1. The third-order valence-electron chi connectivity index (χ3n) is 3.62. The molecular weight excluding hydrogens is 246 g/mol. The maximum Gasteiger partial charge on any atom is 0.339 e. The lowest BCUT2D eigenvalue weighted by Crippen LogP contribution is -2.46. The minimum atomic E-state index is -0.952. The summed E-state index contributed by atoms with van der Waals surface area (Å²) in [7, 11) is 0. The van der Waals surface area contributed by atoms with Gasteiger partial charge in [0.2, 0.25) is 0 Å². The summed E-state index contributed by atoms with van der Waals surface area (Å²) in [6, 6.07) is 0.156. The van der Waals surface area contributed by atoms with Crippen molar-refractivity contribution < 1.29 is 14.6 Å². The van der Waals surface area contributed by atoms with E-state index in [1.54, 1.807) is 13.8 Å². The van der Waals surface area contributed by atoms with Crippen LogP contribution in [0.1, 0.15) is 35.0 Å². The fraction of sp³-hybridized carbons (Fsp3) is 0.615. The summed E-state index contributed by atoms with van der Waals surface area (Å²) in [5.74, 6) is -0.488. The monoisotopic (exact) mass is 265 g/mol. The molecule has 1 unspecified atom stereocenters. The molecule has 6 nitrogen and oxygen atoms in total. The molecule has 0 aromatic carbocycles. The predicted molar refractivity (Wildman–Crippen MR) is 70.7 cm³/mol. The lowest BCUT2D eigenvalue weighted by Gasteiger charge is -2.36. The van der Waals surface area contributed by atoms with E-state index in [1.165, 1.54) is 0 Å². The van der Waals surface area contributed by atoms with E-state index in [4.69, 9.17) is 4.74 Å². The van der Waals surface area contributed by atoms with Crippen LogP contribution >= 0.6 is 0 Å². The Morgan fingerprint density at radius 3 is 2.84 bits per heavy atom. The van der Waals surface area contributed by atoms with Crippen LogP contribution in [-0.4, -0.2) is 47.1 Å². The van der Waals surface area contributed by atoms with Gasteiger partial charge in [0.15, 0.2) is 5.82 Å². The fourth-order valence-electron chi connectivity index (χ4n) is 2.32. The zero-order valence-corrected chi connectivity index (χ0v) is 11.5. The number of rotatable bonds is 3. The van der Waals surface area contributed by atoms with Crippen molar-refractivity contribution in [1.82, 2.24) is 10.2 Å². The van der Waals surface area contributed by atoms with Gasteiger partial charge in [-0.15, -0.1) is 5.10 Å². The summed E-state index contributed by atoms with van der Waals surface area (Å²) in [5, 5.41) is 17.6. The number of aromatic nitrogens is 2. The molecule has 1 aliphatic rings. The van der Waals surface area contributed by atoms with Crippen LogP contribution in [0.2, 0.25) is 0 Å². The maximum atomic E-state index is 11.5. The van der Waals surface area contributed by atoms with Gasteiger partial charge in [0, 0.05) is 6.54 Å². The molecule has 19 heavy (non-hydrogen) atoms. The SMILES string of the molecule is CCC1COCCN1c1nnc(C)c(C)c1C(=O)O. The third-order valence-corrected chi connectivity index (χ3v) is 3.62. The van der Waals surface area contributed by atoms with Gasteiger partial charge in [-0.3, -0.25) is 0 Å². The topological polar surface area (TPSA) is 75.5 Å². The molecule has 1 saturated heterocycles. The molecule has 0 aliphatic carbocycles. The number of ether oxygens (including phenoxy) is 1. The Hall–Kier alpha value is -1.69. The number of hydrogen-bond donors (Lipinski definition) is 1. The van der Waals surface area contributed by atoms with Crippen LogP contribution in [0, 0.1) is 13.8 Å². The Morgan fingerprint density at radius 2 is 2.21 bits per heavy atom. The van der Waals surface area contributed by atoms with E-state index in [1.807, 2.05) is 4.90 Å². The molecular formula is C13H19N3O3. The van der Waals surface area contributed by atoms with E-state index < -0.39 is 5.97 Å². The summed E-state index contributed by atoms with van der Waals surface area (Å²) < 4.78 is 5.44. The molecule has 1 aliphatic heterocycles. The summed E-state index contributed by atoms with van der Waals surface area (Å²) in [6.07, 6.45) is 0.883. The van der Waals surface area contributed by atoms with Crippen LogP contribution in [0.4, 0.5) is 5.82 Å². The standard InChI is InChI=1S/C13H19N3O3/c1-4-10-7-19-6-5-16(10)12-11(13(17)18)8(2)9(3)14-15-12/h10H,4-7H2,1-3H3,(H,17,18). The molecule has 1 N–H and O–H groups in total. The highest BCUT2D eigenvalue weighted by Gasteiger charge is 2.28. The van der Waals surface area contributed by atoms with Gasteiger partial charge in [-0.2, -0.15) is 5.10 Å². The van der Waals surface area contributed by atoms with Crippen molar-refractivity contribution in [3.05, 3.63) is 16.8 Å². The summed E-state index contributed by atoms with van der Waals surface area (Å²) in [6.45, 7) is 7.44. The molecule has 1 fully saturated rings. The Kier molecular flexibility index (Phi) is 3.99. The minimum absolute atomic E-state index is 0.156. The first kappa shape index (κ1) is 13.7. The largest absolute Gasteiger partial charge is 0.478 e. The van der Waals surface area contributed by atoms with E-state index >= 15 is 0 Å². The lowest BCUT2D eigenvalue weighted by atomic mass is 10.1. The van der Waals surface area contributed by atoms with Gasteiger partial charge in [0.25, 0.3) is 0 Å². The lowest BCUT2D eigenvalue weighted by molar-refractivity contribution is 0.0691. The highest BCUT2D eigenvalue weighted by Crippen LogP contribution is 2.26. The molecule has 104 valence electrons. The Labute approximate surface area is 112 Å². The molecule has 1 aromatic rings. The second-order valence-electron chi connectivity index (χ2n) is 4.74. The molecule has 0 spiro atoms. The minimum Gasteiger partial charge on any atom is -0.478 e. The molecule has 0 amide bonds. The van der Waals surface area contributed by atoms with Crippen molar-refractivity contribution >= 4 is 11.8 Å². The van der Waals surface area contributed by atoms with Crippen LogP contribution < -0.4 is 4.90 Å². The van der Waals surface area contributed by atoms with E-state index in [9.17, 15) is 9.90 Å². The van der Waals surface area contributed by atoms with E-state index in [0.29, 0.717) is 36.8 Å². The highest BCUT2D eigenvalue weighted by molar-refractivity contribution is 5.95. The normalized spacial score (nSPS) is 19.5. The van der Waals surface area contributed by atoms with Gasteiger partial charge in [0.1, 0.15) is 5.56 Å². The van der Waals surface area contributed by atoms with Crippen molar-refractivity contribution in [2.24, 2.45) is 0 Å². The zero-order valence-electron chi connectivity index (χ0n) is 11.5. The number of nitrogens with zero attached hydrogens (tertiary/aromatic N) is 3. The second-order valence-corrected chi connectivity index (χ2v) is 4.74. The van der Waals surface area contributed by atoms with Crippen molar-refractivity contribution in [2.75, 3.05) is 24.7 Å².